The third-order valence-electron chi connectivity index (χ3n) is 7.96. The number of para-hydroxylation sites is 2. The summed E-state index contributed by atoms with van der Waals surface area (Å²) in [7, 11) is 0. The molecule has 1 heterocycles. The lowest BCUT2D eigenvalue weighted by molar-refractivity contribution is -0.135. The van der Waals surface area contributed by atoms with Gasteiger partial charge in [-0.2, -0.15) is 0 Å². The van der Waals surface area contributed by atoms with Gasteiger partial charge in [-0.1, -0.05) is 81.0 Å². The molecule has 36 heavy (non-hydrogen) atoms. The van der Waals surface area contributed by atoms with Crippen LogP contribution in [0.25, 0.3) is 11.0 Å². The van der Waals surface area contributed by atoms with Crippen molar-refractivity contribution in [3.8, 4) is 0 Å². The van der Waals surface area contributed by atoms with E-state index in [2.05, 4.69) is 22.3 Å². The molecule has 1 N–H and O–H groups in total. The number of imidazole rings is 1. The average molecular weight is 487 g/mol. The second kappa shape index (κ2) is 11.7. The monoisotopic (exact) mass is 486 g/mol. The molecule has 6 heteroatoms. The summed E-state index contributed by atoms with van der Waals surface area (Å²) in [6.45, 7) is 1.21. The number of rotatable bonds is 8. The van der Waals surface area contributed by atoms with Crippen LogP contribution in [-0.4, -0.2) is 32.3 Å². The lowest BCUT2D eigenvalue weighted by Gasteiger charge is -2.35. The van der Waals surface area contributed by atoms with Crippen molar-refractivity contribution in [1.29, 1.82) is 0 Å². The van der Waals surface area contributed by atoms with Gasteiger partial charge in [0.15, 0.2) is 0 Å². The lowest BCUT2D eigenvalue weighted by atomic mass is 9.89. The van der Waals surface area contributed by atoms with Crippen LogP contribution in [0.3, 0.4) is 0 Å². The molecule has 0 radical (unpaired) electrons. The van der Waals surface area contributed by atoms with Crippen LogP contribution < -0.4 is 5.32 Å². The molecule has 0 spiro atoms. The van der Waals surface area contributed by atoms with E-state index in [1.165, 1.54) is 25.7 Å². The number of aromatic nitrogens is 2. The Hall–Kier alpha value is -3.15. The first-order valence-corrected chi connectivity index (χ1v) is 13.7. The number of hydrogen-bond acceptors (Lipinski definition) is 3. The molecule has 0 atom stereocenters. The van der Waals surface area contributed by atoms with Gasteiger partial charge in [0.2, 0.25) is 11.8 Å². The maximum absolute atomic E-state index is 13.9. The third kappa shape index (κ3) is 5.80. The van der Waals surface area contributed by atoms with E-state index in [9.17, 15) is 9.59 Å². The number of nitrogens with one attached hydrogen (secondary N) is 1. The highest BCUT2D eigenvalue weighted by Crippen LogP contribution is 2.26. The molecular formula is C30H38N4O2. The molecule has 2 amide bonds. The predicted molar refractivity (Wildman–Crippen MR) is 142 cm³/mol. The molecule has 2 aliphatic rings. The zero-order chi connectivity index (χ0) is 24.7. The minimum absolute atomic E-state index is 0.103. The van der Waals surface area contributed by atoms with Crippen molar-refractivity contribution >= 4 is 22.8 Å². The maximum Gasteiger partial charge on any atom is 0.243 e. The molecule has 0 aliphatic heterocycles. The van der Waals surface area contributed by atoms with Gasteiger partial charge in [-0.25, -0.2) is 4.98 Å². The first-order valence-electron chi connectivity index (χ1n) is 13.7. The third-order valence-corrected chi connectivity index (χ3v) is 7.96. The van der Waals surface area contributed by atoms with Crippen molar-refractivity contribution in [3.05, 3.63) is 66.0 Å². The normalized spacial score (nSPS) is 17.2. The smallest absolute Gasteiger partial charge is 0.243 e. The minimum atomic E-state index is 0.103. The fourth-order valence-electron chi connectivity index (χ4n) is 5.93. The SMILES string of the molecule is O=C(NCc1nc2ccccc2n1CC(=O)N(Cc1ccccc1)C1CCCCC1)C1CCCCC1. The summed E-state index contributed by atoms with van der Waals surface area (Å²) >= 11 is 0. The average Bonchev–Trinajstić information content (AvgIpc) is 3.29. The molecule has 0 saturated heterocycles. The standard InChI is InChI=1S/C30H38N4O2/c35-29(33(25-16-8-3-9-17-25)21-23-12-4-1-5-13-23)22-34-27-19-11-10-18-26(27)32-28(34)20-31-30(36)24-14-6-2-7-15-24/h1,4-5,10-13,18-19,24-25H,2-3,6-9,14-17,20-22H2,(H,31,36). The highest BCUT2D eigenvalue weighted by Gasteiger charge is 2.27. The van der Waals surface area contributed by atoms with Gasteiger partial charge in [0, 0.05) is 18.5 Å². The molecule has 2 aliphatic carbocycles. The Labute approximate surface area is 214 Å². The van der Waals surface area contributed by atoms with Gasteiger partial charge in [-0.3, -0.25) is 9.59 Å². The van der Waals surface area contributed by atoms with Gasteiger partial charge in [0.25, 0.3) is 0 Å². The Bertz CT molecular complexity index is 1160. The molecule has 190 valence electrons. The van der Waals surface area contributed by atoms with E-state index in [0.29, 0.717) is 13.1 Å². The van der Waals surface area contributed by atoms with Gasteiger partial charge in [0.1, 0.15) is 12.4 Å². The van der Waals surface area contributed by atoms with E-state index in [1.807, 2.05) is 47.0 Å². The van der Waals surface area contributed by atoms with E-state index in [4.69, 9.17) is 4.98 Å². The van der Waals surface area contributed by atoms with Crippen LogP contribution in [0.4, 0.5) is 0 Å². The molecule has 5 rings (SSSR count). The fourth-order valence-corrected chi connectivity index (χ4v) is 5.93. The number of nitrogens with zero attached hydrogens (tertiary/aromatic N) is 3. The Balaban J connectivity index is 1.36. The molecule has 6 nitrogen and oxygen atoms in total. The van der Waals surface area contributed by atoms with E-state index in [-0.39, 0.29) is 30.3 Å². The maximum atomic E-state index is 13.9. The van der Waals surface area contributed by atoms with Crippen LogP contribution in [0.2, 0.25) is 0 Å². The topological polar surface area (TPSA) is 67.2 Å². The van der Waals surface area contributed by atoms with E-state index >= 15 is 0 Å². The molecular weight excluding hydrogens is 448 g/mol. The van der Waals surface area contributed by atoms with Crippen LogP contribution >= 0.6 is 0 Å². The molecule has 2 fully saturated rings. The molecule has 3 aromatic rings. The predicted octanol–water partition coefficient (Wildman–Crippen LogP) is 5.59. The van der Waals surface area contributed by atoms with Crippen molar-refractivity contribution in [2.24, 2.45) is 5.92 Å². The van der Waals surface area contributed by atoms with Crippen LogP contribution in [0, 0.1) is 5.92 Å². The lowest BCUT2D eigenvalue weighted by Crippen LogP contribution is -2.43. The summed E-state index contributed by atoms with van der Waals surface area (Å²) < 4.78 is 2.01. The quantitative estimate of drug-likeness (QED) is 0.451. The Kier molecular flexibility index (Phi) is 7.99. The number of benzene rings is 2. The van der Waals surface area contributed by atoms with E-state index in [0.717, 1.165) is 60.9 Å². The second-order valence-corrected chi connectivity index (χ2v) is 10.5. The van der Waals surface area contributed by atoms with E-state index in [1.54, 1.807) is 0 Å². The summed E-state index contributed by atoms with van der Waals surface area (Å²) in [5.41, 5.74) is 2.96. The molecule has 2 aromatic carbocycles. The van der Waals surface area contributed by atoms with Gasteiger partial charge in [-0.05, 0) is 43.4 Å². The van der Waals surface area contributed by atoms with Crippen molar-refractivity contribution in [2.45, 2.75) is 89.9 Å². The van der Waals surface area contributed by atoms with Gasteiger partial charge in [0.05, 0.1) is 17.6 Å². The van der Waals surface area contributed by atoms with Crippen molar-refractivity contribution in [1.82, 2.24) is 19.8 Å². The summed E-state index contributed by atoms with van der Waals surface area (Å²) in [4.78, 5) is 33.6. The van der Waals surface area contributed by atoms with Crippen LogP contribution in [-0.2, 0) is 29.2 Å². The fraction of sp³-hybridized carbons (Fsp3) is 0.500. The van der Waals surface area contributed by atoms with Crippen LogP contribution in [0.5, 0.6) is 0 Å². The summed E-state index contributed by atoms with van der Waals surface area (Å²) in [5, 5.41) is 3.13. The second-order valence-electron chi connectivity index (χ2n) is 10.5. The first-order chi connectivity index (χ1) is 17.7. The molecule has 1 aromatic heterocycles. The Morgan fingerprint density at radius 3 is 2.28 bits per heavy atom. The Morgan fingerprint density at radius 1 is 0.861 bits per heavy atom. The summed E-state index contributed by atoms with van der Waals surface area (Å²) in [6.07, 6.45) is 11.1. The highest BCUT2D eigenvalue weighted by molar-refractivity contribution is 5.82. The number of carbonyl (C=O) groups excluding carboxylic acids is 2. The number of carbonyl (C=O) groups is 2. The first kappa shape index (κ1) is 24.5. The minimum Gasteiger partial charge on any atom is -0.349 e. The molecule has 2 saturated carbocycles. The van der Waals surface area contributed by atoms with Crippen LogP contribution in [0.1, 0.15) is 75.6 Å². The highest BCUT2D eigenvalue weighted by atomic mass is 16.2. The van der Waals surface area contributed by atoms with Crippen LogP contribution in [0.15, 0.2) is 54.6 Å². The van der Waals surface area contributed by atoms with Gasteiger partial charge < -0.3 is 14.8 Å². The largest absolute Gasteiger partial charge is 0.349 e. The molecule has 0 bridgehead atoms. The van der Waals surface area contributed by atoms with Crippen molar-refractivity contribution < 1.29 is 9.59 Å². The van der Waals surface area contributed by atoms with E-state index < -0.39 is 0 Å². The molecule has 0 unspecified atom stereocenters. The van der Waals surface area contributed by atoms with Gasteiger partial charge >= 0.3 is 0 Å². The van der Waals surface area contributed by atoms with Crippen molar-refractivity contribution in [3.63, 3.8) is 0 Å². The number of amides is 2. The Morgan fingerprint density at radius 2 is 1.53 bits per heavy atom. The zero-order valence-electron chi connectivity index (χ0n) is 21.2. The summed E-state index contributed by atoms with van der Waals surface area (Å²) in [5.74, 6) is 1.09. The van der Waals surface area contributed by atoms with Crippen molar-refractivity contribution in [2.75, 3.05) is 0 Å². The van der Waals surface area contributed by atoms with Gasteiger partial charge in [-0.15, -0.1) is 0 Å². The summed E-state index contributed by atoms with van der Waals surface area (Å²) in [6, 6.07) is 18.5. The number of fused-ring (bicyclic) bond motifs is 1. The number of hydrogen-bond donors (Lipinski definition) is 1. The zero-order valence-corrected chi connectivity index (χ0v) is 21.2.